The normalized spacial score (nSPS) is 10.7. The molecule has 90 valence electrons. The van der Waals surface area contributed by atoms with Crippen LogP contribution in [0.2, 0.25) is 0 Å². The lowest BCUT2D eigenvalue weighted by Gasteiger charge is -2.09. The minimum atomic E-state index is 0.681. The highest BCUT2D eigenvalue weighted by Gasteiger charge is 2.04. The molecule has 3 aromatic rings. The van der Waals surface area contributed by atoms with Crippen LogP contribution in [0.1, 0.15) is 11.4 Å². The summed E-state index contributed by atoms with van der Waals surface area (Å²) in [5.74, 6) is 0.924. The average Bonchev–Trinajstić information content (AvgIpc) is 2.92. The number of hydrogen-bond acceptors (Lipinski definition) is 3. The summed E-state index contributed by atoms with van der Waals surface area (Å²) in [7, 11) is 0. The minimum absolute atomic E-state index is 0.681. The van der Waals surface area contributed by atoms with E-state index >= 15 is 0 Å². The molecule has 2 N–H and O–H groups in total. The van der Waals surface area contributed by atoms with Crippen LogP contribution in [0.15, 0.2) is 42.9 Å². The fraction of sp³-hybridized carbons (Fsp3) is 0.143. The van der Waals surface area contributed by atoms with Crippen LogP contribution in [-0.2, 0) is 6.54 Å². The SMILES string of the molecule is Cc1ccc(NCc2ncc[nH]2)c2cccnc12. The van der Waals surface area contributed by atoms with Crippen LogP contribution < -0.4 is 5.32 Å². The molecule has 2 heterocycles. The second-order valence-corrected chi connectivity index (χ2v) is 4.22. The Kier molecular flexibility index (Phi) is 2.68. The Hall–Kier alpha value is -2.36. The van der Waals surface area contributed by atoms with Crippen LogP contribution in [0, 0.1) is 6.92 Å². The number of benzene rings is 1. The predicted octanol–water partition coefficient (Wildman–Crippen LogP) is 2.88. The Balaban J connectivity index is 1.94. The van der Waals surface area contributed by atoms with E-state index in [2.05, 4.69) is 45.4 Å². The van der Waals surface area contributed by atoms with Gasteiger partial charge in [-0.1, -0.05) is 6.07 Å². The zero-order valence-electron chi connectivity index (χ0n) is 10.1. The van der Waals surface area contributed by atoms with Gasteiger partial charge in [0.05, 0.1) is 12.1 Å². The monoisotopic (exact) mass is 238 g/mol. The molecule has 0 saturated carbocycles. The molecule has 2 aromatic heterocycles. The molecular formula is C14H14N4. The van der Waals surface area contributed by atoms with Crippen LogP contribution in [-0.4, -0.2) is 15.0 Å². The number of nitrogens with one attached hydrogen (secondary N) is 2. The van der Waals surface area contributed by atoms with E-state index in [1.807, 2.05) is 18.5 Å². The first-order valence-corrected chi connectivity index (χ1v) is 5.91. The van der Waals surface area contributed by atoms with Crippen molar-refractivity contribution in [2.24, 2.45) is 0 Å². The molecule has 0 saturated heterocycles. The van der Waals surface area contributed by atoms with Crippen molar-refractivity contribution in [3.63, 3.8) is 0 Å². The van der Waals surface area contributed by atoms with Crippen LogP contribution in [0.25, 0.3) is 10.9 Å². The largest absolute Gasteiger partial charge is 0.377 e. The molecule has 0 aliphatic heterocycles. The van der Waals surface area contributed by atoms with E-state index in [0.717, 1.165) is 22.4 Å². The fourth-order valence-electron chi connectivity index (χ4n) is 2.04. The number of pyridine rings is 1. The molecular weight excluding hydrogens is 224 g/mol. The van der Waals surface area contributed by atoms with Gasteiger partial charge in [-0.05, 0) is 30.7 Å². The summed E-state index contributed by atoms with van der Waals surface area (Å²) in [5.41, 5.74) is 3.32. The number of aromatic amines is 1. The maximum absolute atomic E-state index is 4.42. The Morgan fingerprint density at radius 2 is 2.11 bits per heavy atom. The summed E-state index contributed by atoms with van der Waals surface area (Å²) in [4.78, 5) is 11.7. The topological polar surface area (TPSA) is 53.6 Å². The standard InChI is InChI=1S/C14H14N4/c1-10-4-5-12(11-3-2-6-17-14(10)11)18-9-13-15-7-8-16-13/h2-8,18H,9H2,1H3,(H,15,16). The first kappa shape index (κ1) is 10.8. The third-order valence-corrected chi connectivity index (χ3v) is 2.97. The van der Waals surface area contributed by atoms with Crippen molar-refractivity contribution in [1.82, 2.24) is 15.0 Å². The van der Waals surface area contributed by atoms with E-state index < -0.39 is 0 Å². The summed E-state index contributed by atoms with van der Waals surface area (Å²) in [6.45, 7) is 2.76. The molecule has 4 heteroatoms. The highest BCUT2D eigenvalue weighted by atomic mass is 15.0. The number of nitrogens with zero attached hydrogens (tertiary/aromatic N) is 2. The molecule has 3 rings (SSSR count). The molecule has 0 aliphatic carbocycles. The third-order valence-electron chi connectivity index (χ3n) is 2.97. The van der Waals surface area contributed by atoms with Crippen LogP contribution in [0.3, 0.4) is 0 Å². The second-order valence-electron chi connectivity index (χ2n) is 4.22. The van der Waals surface area contributed by atoms with E-state index in [0.29, 0.717) is 6.54 Å². The number of aromatic nitrogens is 3. The highest BCUT2D eigenvalue weighted by Crippen LogP contribution is 2.24. The van der Waals surface area contributed by atoms with Gasteiger partial charge in [-0.2, -0.15) is 0 Å². The first-order valence-electron chi connectivity index (χ1n) is 5.91. The van der Waals surface area contributed by atoms with Gasteiger partial charge in [0.15, 0.2) is 0 Å². The molecule has 1 aromatic carbocycles. The van der Waals surface area contributed by atoms with Gasteiger partial charge in [-0.3, -0.25) is 4.98 Å². The fourth-order valence-corrected chi connectivity index (χ4v) is 2.04. The molecule has 0 unspecified atom stereocenters. The average molecular weight is 238 g/mol. The van der Waals surface area contributed by atoms with Crippen LogP contribution in [0.5, 0.6) is 0 Å². The van der Waals surface area contributed by atoms with Crippen molar-refractivity contribution in [2.45, 2.75) is 13.5 Å². The smallest absolute Gasteiger partial charge is 0.125 e. The number of imidazole rings is 1. The van der Waals surface area contributed by atoms with Crippen molar-refractivity contribution in [3.8, 4) is 0 Å². The number of H-pyrrole nitrogens is 1. The molecule has 0 radical (unpaired) electrons. The van der Waals surface area contributed by atoms with Crippen molar-refractivity contribution < 1.29 is 0 Å². The lowest BCUT2D eigenvalue weighted by molar-refractivity contribution is 1.00. The van der Waals surface area contributed by atoms with Gasteiger partial charge in [0.25, 0.3) is 0 Å². The molecule has 0 fully saturated rings. The highest BCUT2D eigenvalue weighted by molar-refractivity contribution is 5.93. The Morgan fingerprint density at radius 3 is 2.94 bits per heavy atom. The van der Waals surface area contributed by atoms with Gasteiger partial charge in [-0.15, -0.1) is 0 Å². The molecule has 0 aliphatic rings. The van der Waals surface area contributed by atoms with Crippen molar-refractivity contribution >= 4 is 16.6 Å². The summed E-state index contributed by atoms with van der Waals surface area (Å²) in [6, 6.07) is 8.21. The van der Waals surface area contributed by atoms with E-state index in [4.69, 9.17) is 0 Å². The zero-order valence-corrected chi connectivity index (χ0v) is 10.1. The van der Waals surface area contributed by atoms with Crippen LogP contribution in [0.4, 0.5) is 5.69 Å². The molecule has 0 spiro atoms. The summed E-state index contributed by atoms with van der Waals surface area (Å²) in [5, 5.41) is 4.53. The maximum Gasteiger partial charge on any atom is 0.125 e. The number of rotatable bonds is 3. The molecule has 18 heavy (non-hydrogen) atoms. The van der Waals surface area contributed by atoms with Crippen molar-refractivity contribution in [3.05, 3.63) is 54.2 Å². The quantitative estimate of drug-likeness (QED) is 0.737. The van der Waals surface area contributed by atoms with Gasteiger partial charge in [0, 0.05) is 29.7 Å². The second kappa shape index (κ2) is 4.49. The molecule has 0 amide bonds. The van der Waals surface area contributed by atoms with E-state index in [-0.39, 0.29) is 0 Å². The zero-order chi connectivity index (χ0) is 12.4. The van der Waals surface area contributed by atoms with Gasteiger partial charge in [-0.25, -0.2) is 4.98 Å². The summed E-state index contributed by atoms with van der Waals surface area (Å²) in [6.07, 6.45) is 5.41. The van der Waals surface area contributed by atoms with E-state index in [9.17, 15) is 0 Å². The van der Waals surface area contributed by atoms with Gasteiger partial charge < -0.3 is 10.3 Å². The maximum atomic E-state index is 4.42. The molecule has 4 nitrogen and oxygen atoms in total. The van der Waals surface area contributed by atoms with Crippen molar-refractivity contribution in [1.29, 1.82) is 0 Å². The Labute approximate surface area is 105 Å². The number of aryl methyl sites for hydroxylation is 1. The lowest BCUT2D eigenvalue weighted by atomic mass is 10.1. The van der Waals surface area contributed by atoms with Gasteiger partial charge >= 0.3 is 0 Å². The molecule has 0 atom stereocenters. The Bertz CT molecular complexity index is 659. The Morgan fingerprint density at radius 1 is 1.17 bits per heavy atom. The third kappa shape index (κ3) is 1.93. The minimum Gasteiger partial charge on any atom is -0.377 e. The van der Waals surface area contributed by atoms with Crippen LogP contribution >= 0.6 is 0 Å². The van der Waals surface area contributed by atoms with E-state index in [1.165, 1.54) is 5.56 Å². The van der Waals surface area contributed by atoms with E-state index in [1.54, 1.807) is 6.20 Å². The summed E-state index contributed by atoms with van der Waals surface area (Å²) < 4.78 is 0. The molecule has 0 bridgehead atoms. The number of fused-ring (bicyclic) bond motifs is 1. The lowest BCUT2D eigenvalue weighted by Crippen LogP contribution is -2.02. The summed E-state index contributed by atoms with van der Waals surface area (Å²) >= 11 is 0. The van der Waals surface area contributed by atoms with Gasteiger partial charge in [0.2, 0.25) is 0 Å². The predicted molar refractivity (Wildman–Crippen MR) is 72.4 cm³/mol. The van der Waals surface area contributed by atoms with Crippen molar-refractivity contribution in [2.75, 3.05) is 5.32 Å². The first-order chi connectivity index (χ1) is 8.84. The number of anilines is 1. The number of hydrogen-bond donors (Lipinski definition) is 2. The van der Waals surface area contributed by atoms with Gasteiger partial charge in [0.1, 0.15) is 5.82 Å².